The van der Waals surface area contributed by atoms with Crippen molar-refractivity contribution in [2.75, 3.05) is 6.54 Å². The van der Waals surface area contributed by atoms with Gasteiger partial charge in [-0.3, -0.25) is 14.4 Å². The summed E-state index contributed by atoms with van der Waals surface area (Å²) in [7, 11) is 0. The summed E-state index contributed by atoms with van der Waals surface area (Å²) in [5, 5.41) is 9.47. The van der Waals surface area contributed by atoms with E-state index in [0.717, 1.165) is 49.2 Å². The Labute approximate surface area is 228 Å². The van der Waals surface area contributed by atoms with Crippen LogP contribution in [-0.4, -0.2) is 45.4 Å². The largest absolute Gasteiger partial charge is 0.435 e. The minimum Gasteiger partial charge on any atom is -0.435 e. The van der Waals surface area contributed by atoms with E-state index in [1.54, 1.807) is 6.07 Å². The number of nitrogens with one attached hydrogen (secondary N) is 2. The molecule has 3 aliphatic carbocycles. The lowest BCUT2D eigenvalue weighted by Crippen LogP contribution is -2.50. The van der Waals surface area contributed by atoms with Crippen molar-refractivity contribution in [2.45, 2.75) is 65.0 Å². The van der Waals surface area contributed by atoms with Gasteiger partial charge in [0, 0.05) is 31.0 Å². The zero-order valence-electron chi connectivity index (χ0n) is 22.0. The molecular weight excluding hydrogens is 527 g/mol. The van der Waals surface area contributed by atoms with E-state index in [1.807, 2.05) is 6.92 Å². The standard InChI is InChI=1S/C28H30F3N5O4/c1-2-22(37)28-9-6-27(7-10-28,8-11-28)16-33-25(39)21-13-20(35-23-19(29)15-34-36(21)23)24(38)32-14-17-4-3-5-18(12-17)40-26(30)31/h3-5,12-13,15,26H,2,6-11,14,16H2,1H3,(H,32,38)(H,33,39). The first kappa shape index (κ1) is 27.6. The van der Waals surface area contributed by atoms with Crippen molar-refractivity contribution in [3.8, 4) is 5.75 Å². The third-order valence-corrected chi connectivity index (χ3v) is 8.41. The fourth-order valence-electron chi connectivity index (χ4n) is 6.00. The maximum atomic E-state index is 14.4. The van der Waals surface area contributed by atoms with Crippen LogP contribution in [0, 0.1) is 16.6 Å². The Morgan fingerprint density at radius 3 is 2.45 bits per heavy atom. The van der Waals surface area contributed by atoms with Crippen molar-refractivity contribution in [3.63, 3.8) is 0 Å². The van der Waals surface area contributed by atoms with E-state index in [0.29, 0.717) is 24.3 Å². The predicted octanol–water partition coefficient (Wildman–Crippen LogP) is 4.45. The Morgan fingerprint density at radius 2 is 1.77 bits per heavy atom. The van der Waals surface area contributed by atoms with Crippen LogP contribution in [0.3, 0.4) is 0 Å². The minimum atomic E-state index is -2.98. The number of nitrogens with zero attached hydrogens (tertiary/aromatic N) is 3. The number of benzene rings is 1. The van der Waals surface area contributed by atoms with Gasteiger partial charge in [0.2, 0.25) is 0 Å². The summed E-state index contributed by atoms with van der Waals surface area (Å²) in [6.07, 6.45) is 6.45. The van der Waals surface area contributed by atoms with E-state index in [-0.39, 0.29) is 40.2 Å². The molecule has 212 valence electrons. The number of alkyl halides is 2. The molecule has 0 unspecified atom stereocenters. The number of carbonyl (C=O) groups excluding carboxylic acids is 3. The molecule has 0 aliphatic heterocycles. The first-order valence-electron chi connectivity index (χ1n) is 13.3. The van der Waals surface area contributed by atoms with Gasteiger partial charge in [-0.2, -0.15) is 13.9 Å². The molecule has 2 bridgehead atoms. The number of halogens is 3. The molecule has 9 nitrogen and oxygen atoms in total. The first-order chi connectivity index (χ1) is 19.1. The Morgan fingerprint density at radius 1 is 1.05 bits per heavy atom. The van der Waals surface area contributed by atoms with Crippen LogP contribution in [0.2, 0.25) is 0 Å². The highest BCUT2D eigenvalue weighted by molar-refractivity contribution is 5.98. The van der Waals surface area contributed by atoms with Gasteiger partial charge in [0.05, 0.1) is 6.20 Å². The lowest BCUT2D eigenvalue weighted by Gasteiger charge is -2.52. The summed E-state index contributed by atoms with van der Waals surface area (Å²) < 4.78 is 44.9. The van der Waals surface area contributed by atoms with Crippen molar-refractivity contribution in [3.05, 3.63) is 59.3 Å². The number of hydrogen-bond donors (Lipinski definition) is 2. The van der Waals surface area contributed by atoms with Crippen LogP contribution in [0.5, 0.6) is 5.75 Å². The predicted molar refractivity (Wildman–Crippen MR) is 137 cm³/mol. The van der Waals surface area contributed by atoms with Gasteiger partial charge < -0.3 is 15.4 Å². The summed E-state index contributed by atoms with van der Waals surface area (Å²) in [6.45, 7) is -0.724. The van der Waals surface area contributed by atoms with Gasteiger partial charge in [-0.05, 0) is 61.6 Å². The summed E-state index contributed by atoms with van der Waals surface area (Å²) in [5.74, 6) is -1.74. The van der Waals surface area contributed by atoms with Gasteiger partial charge in [0.15, 0.2) is 11.5 Å². The minimum absolute atomic E-state index is 0.0417. The molecule has 0 atom stereocenters. The normalized spacial score (nSPS) is 21.9. The number of rotatable bonds is 10. The monoisotopic (exact) mass is 557 g/mol. The van der Waals surface area contributed by atoms with Crippen LogP contribution in [-0.2, 0) is 11.3 Å². The lowest BCUT2D eigenvalue weighted by molar-refractivity contribution is -0.137. The van der Waals surface area contributed by atoms with Crippen LogP contribution in [0.4, 0.5) is 13.2 Å². The quantitative estimate of drug-likeness (QED) is 0.381. The molecule has 3 aromatic rings. The van der Waals surface area contributed by atoms with Gasteiger partial charge in [0.25, 0.3) is 11.8 Å². The first-order valence-corrected chi connectivity index (χ1v) is 13.3. The summed E-state index contributed by atoms with van der Waals surface area (Å²) in [4.78, 5) is 42.8. The SMILES string of the molecule is CCC(=O)C12CCC(CNC(=O)c3cc(C(=O)NCc4cccc(OC(F)F)c4)nc4c(F)cnn34)(CC1)CC2. The van der Waals surface area contributed by atoms with Crippen LogP contribution in [0.1, 0.15) is 78.4 Å². The summed E-state index contributed by atoms with van der Waals surface area (Å²) >= 11 is 0. The zero-order valence-corrected chi connectivity index (χ0v) is 22.0. The molecule has 0 radical (unpaired) electrons. The van der Waals surface area contributed by atoms with E-state index in [4.69, 9.17) is 0 Å². The number of amides is 2. The molecule has 2 aromatic heterocycles. The van der Waals surface area contributed by atoms with E-state index in [9.17, 15) is 27.6 Å². The molecule has 12 heteroatoms. The molecule has 2 N–H and O–H groups in total. The van der Waals surface area contributed by atoms with Crippen LogP contribution in [0.25, 0.3) is 5.65 Å². The Bertz CT molecular complexity index is 1430. The topological polar surface area (TPSA) is 115 Å². The van der Waals surface area contributed by atoms with Gasteiger partial charge >= 0.3 is 6.61 Å². The third kappa shape index (κ3) is 5.39. The average Bonchev–Trinajstić information content (AvgIpc) is 3.35. The fraction of sp³-hybridized carbons (Fsp3) is 0.464. The van der Waals surface area contributed by atoms with Crippen molar-refractivity contribution in [1.29, 1.82) is 0 Å². The highest BCUT2D eigenvalue weighted by Gasteiger charge is 2.51. The Hall–Kier alpha value is -3.96. The fourth-order valence-corrected chi connectivity index (χ4v) is 6.00. The summed E-state index contributed by atoms with van der Waals surface area (Å²) in [6, 6.07) is 7.08. The van der Waals surface area contributed by atoms with Crippen LogP contribution < -0.4 is 15.4 Å². The van der Waals surface area contributed by atoms with Gasteiger partial charge in [-0.1, -0.05) is 19.1 Å². The average molecular weight is 558 g/mol. The molecule has 3 aliphatic rings. The zero-order chi connectivity index (χ0) is 28.5. The molecule has 0 spiro atoms. The maximum Gasteiger partial charge on any atom is 0.387 e. The molecule has 1 aromatic carbocycles. The number of ether oxygens (including phenoxy) is 1. The maximum absolute atomic E-state index is 14.4. The lowest BCUT2D eigenvalue weighted by atomic mass is 9.52. The second kappa shape index (κ2) is 10.9. The van der Waals surface area contributed by atoms with Gasteiger partial charge in [0.1, 0.15) is 22.9 Å². The number of carbonyl (C=O) groups is 3. The van der Waals surface area contributed by atoms with Crippen molar-refractivity contribution < 1.29 is 32.3 Å². The highest BCUT2D eigenvalue weighted by Crippen LogP contribution is 2.57. The molecule has 6 rings (SSSR count). The Balaban J connectivity index is 1.29. The third-order valence-electron chi connectivity index (χ3n) is 8.41. The van der Waals surface area contributed by atoms with Crippen LogP contribution in [0.15, 0.2) is 36.5 Å². The highest BCUT2D eigenvalue weighted by atomic mass is 19.3. The van der Waals surface area contributed by atoms with E-state index < -0.39 is 24.2 Å². The van der Waals surface area contributed by atoms with Crippen molar-refractivity contribution >= 4 is 23.2 Å². The number of ketones is 1. The van der Waals surface area contributed by atoms with Crippen molar-refractivity contribution in [2.24, 2.45) is 10.8 Å². The molecule has 40 heavy (non-hydrogen) atoms. The molecular formula is C28H30F3N5O4. The summed E-state index contributed by atoms with van der Waals surface area (Å²) in [5.41, 5.74) is -0.357. The van der Waals surface area contributed by atoms with E-state index in [1.165, 1.54) is 24.3 Å². The Kier molecular flexibility index (Phi) is 7.52. The number of fused-ring (bicyclic) bond motifs is 4. The van der Waals surface area contributed by atoms with Gasteiger partial charge in [-0.15, -0.1) is 0 Å². The molecule has 3 saturated carbocycles. The van der Waals surface area contributed by atoms with E-state index >= 15 is 0 Å². The van der Waals surface area contributed by atoms with Gasteiger partial charge in [-0.25, -0.2) is 13.9 Å². The molecule has 0 saturated heterocycles. The number of Topliss-reactive ketones (excluding diaryl/α,β-unsaturated/α-hetero) is 1. The van der Waals surface area contributed by atoms with E-state index in [2.05, 4.69) is 25.5 Å². The number of hydrogen-bond acceptors (Lipinski definition) is 6. The second-order valence-electron chi connectivity index (χ2n) is 10.7. The molecule has 3 fully saturated rings. The van der Waals surface area contributed by atoms with Crippen LogP contribution >= 0.6 is 0 Å². The molecule has 2 heterocycles. The number of aromatic nitrogens is 3. The smallest absolute Gasteiger partial charge is 0.387 e. The second-order valence-corrected chi connectivity index (χ2v) is 10.7. The van der Waals surface area contributed by atoms with Crippen molar-refractivity contribution in [1.82, 2.24) is 25.2 Å². The molecule has 2 amide bonds.